The number of nitrogens with one attached hydrogen (secondary N) is 1. The van der Waals surface area contributed by atoms with Crippen molar-refractivity contribution >= 4 is 23.4 Å². The molecule has 36 heavy (non-hydrogen) atoms. The number of rotatable bonds is 12. The summed E-state index contributed by atoms with van der Waals surface area (Å²) in [6.45, 7) is 6.70. The Morgan fingerprint density at radius 2 is 1.69 bits per heavy atom. The number of nitrogens with zero attached hydrogens (tertiary/aromatic N) is 1. The van der Waals surface area contributed by atoms with E-state index in [1.807, 2.05) is 80.6 Å². The molecule has 0 aromatic heterocycles. The van der Waals surface area contributed by atoms with E-state index in [2.05, 4.69) is 12.2 Å². The van der Waals surface area contributed by atoms with Gasteiger partial charge in [0.1, 0.15) is 11.8 Å². The Bertz CT molecular complexity index is 1150. The van der Waals surface area contributed by atoms with Gasteiger partial charge in [-0.15, -0.1) is 0 Å². The summed E-state index contributed by atoms with van der Waals surface area (Å²) in [6, 6.07) is 22.2. The molecular weight excluding hydrogens is 472 g/mol. The van der Waals surface area contributed by atoms with E-state index < -0.39 is 6.04 Å². The van der Waals surface area contributed by atoms with E-state index in [0.29, 0.717) is 23.7 Å². The number of carbonyl (C=O) groups is 2. The molecule has 1 atom stereocenters. The zero-order chi connectivity index (χ0) is 25.9. The standard InChI is InChI=1S/C30H35ClN2O3/c1-4-5-17-32-30(35)27(19-24-12-7-6-8-13-24)33(20-25-14-10-15-26(31)18-25)29(34)21-36-28-16-9-11-22(2)23(28)3/h6-16,18,27H,4-5,17,19-21H2,1-3H3,(H,32,35)/t27-/m1/s1. The number of hydrogen-bond donors (Lipinski definition) is 1. The first-order chi connectivity index (χ1) is 17.4. The third-order valence-electron chi connectivity index (χ3n) is 6.25. The van der Waals surface area contributed by atoms with Crippen molar-refractivity contribution in [2.24, 2.45) is 0 Å². The maximum absolute atomic E-state index is 13.7. The highest BCUT2D eigenvalue weighted by molar-refractivity contribution is 6.30. The van der Waals surface area contributed by atoms with Crippen LogP contribution in [0.1, 0.15) is 42.0 Å². The predicted octanol–water partition coefficient (Wildman–Crippen LogP) is 5.89. The topological polar surface area (TPSA) is 58.6 Å². The number of aryl methyl sites for hydroxylation is 1. The number of unbranched alkanes of at least 4 members (excludes halogenated alkanes) is 1. The Morgan fingerprint density at radius 1 is 0.972 bits per heavy atom. The fourth-order valence-electron chi connectivity index (χ4n) is 4.00. The van der Waals surface area contributed by atoms with E-state index in [4.69, 9.17) is 16.3 Å². The number of ether oxygens (including phenoxy) is 1. The van der Waals surface area contributed by atoms with E-state index in [-0.39, 0.29) is 25.0 Å². The van der Waals surface area contributed by atoms with Crippen LogP contribution in [0.4, 0.5) is 0 Å². The molecule has 0 spiro atoms. The van der Waals surface area contributed by atoms with Gasteiger partial charge in [-0.2, -0.15) is 0 Å². The average Bonchev–Trinajstić information content (AvgIpc) is 2.87. The molecule has 0 fully saturated rings. The summed E-state index contributed by atoms with van der Waals surface area (Å²) < 4.78 is 5.95. The minimum Gasteiger partial charge on any atom is -0.483 e. The Kier molecular flexibility index (Phi) is 10.4. The Labute approximate surface area is 219 Å². The van der Waals surface area contributed by atoms with Crippen LogP contribution in [0.25, 0.3) is 0 Å². The van der Waals surface area contributed by atoms with E-state index in [0.717, 1.165) is 35.1 Å². The molecule has 0 radical (unpaired) electrons. The van der Waals surface area contributed by atoms with Gasteiger partial charge in [0.05, 0.1) is 0 Å². The lowest BCUT2D eigenvalue weighted by molar-refractivity contribution is -0.142. The molecule has 1 N–H and O–H groups in total. The first-order valence-electron chi connectivity index (χ1n) is 12.4. The van der Waals surface area contributed by atoms with Gasteiger partial charge in [0.25, 0.3) is 5.91 Å². The van der Waals surface area contributed by atoms with E-state index in [1.165, 1.54) is 0 Å². The molecule has 3 aromatic carbocycles. The summed E-state index contributed by atoms with van der Waals surface area (Å²) in [6.07, 6.45) is 2.24. The summed E-state index contributed by atoms with van der Waals surface area (Å²) in [5, 5.41) is 3.61. The molecule has 3 aromatic rings. The first kappa shape index (κ1) is 27.3. The largest absolute Gasteiger partial charge is 0.483 e. The van der Waals surface area contributed by atoms with E-state index >= 15 is 0 Å². The molecule has 0 aliphatic heterocycles. The monoisotopic (exact) mass is 506 g/mol. The number of carbonyl (C=O) groups excluding carboxylic acids is 2. The predicted molar refractivity (Wildman–Crippen MR) is 145 cm³/mol. The van der Waals surface area contributed by atoms with Crippen LogP contribution in [0, 0.1) is 13.8 Å². The summed E-state index contributed by atoms with van der Waals surface area (Å²) in [4.78, 5) is 28.7. The second kappa shape index (κ2) is 13.7. The highest BCUT2D eigenvalue weighted by atomic mass is 35.5. The van der Waals surface area contributed by atoms with Crippen molar-refractivity contribution in [1.82, 2.24) is 10.2 Å². The Balaban J connectivity index is 1.90. The number of benzene rings is 3. The lowest BCUT2D eigenvalue weighted by Gasteiger charge is -2.31. The Morgan fingerprint density at radius 3 is 2.42 bits per heavy atom. The van der Waals surface area contributed by atoms with Gasteiger partial charge in [0, 0.05) is 24.5 Å². The molecule has 0 bridgehead atoms. The quantitative estimate of drug-likeness (QED) is 0.311. The molecule has 0 saturated carbocycles. The van der Waals surface area contributed by atoms with Crippen molar-refractivity contribution < 1.29 is 14.3 Å². The van der Waals surface area contributed by atoms with Gasteiger partial charge < -0.3 is 15.0 Å². The molecule has 0 heterocycles. The molecule has 3 rings (SSSR count). The van der Waals surface area contributed by atoms with Gasteiger partial charge >= 0.3 is 0 Å². The lowest BCUT2D eigenvalue weighted by atomic mass is 10.0. The zero-order valence-electron chi connectivity index (χ0n) is 21.3. The molecular formula is C30H35ClN2O3. The third kappa shape index (κ3) is 7.85. The molecule has 190 valence electrons. The lowest BCUT2D eigenvalue weighted by Crippen LogP contribution is -2.51. The van der Waals surface area contributed by atoms with Crippen LogP contribution in [0.2, 0.25) is 5.02 Å². The smallest absolute Gasteiger partial charge is 0.261 e. The first-order valence-corrected chi connectivity index (χ1v) is 12.8. The second-order valence-corrected chi connectivity index (χ2v) is 9.42. The van der Waals surface area contributed by atoms with Crippen LogP contribution in [-0.2, 0) is 22.6 Å². The minimum absolute atomic E-state index is 0.168. The highest BCUT2D eigenvalue weighted by Crippen LogP contribution is 2.22. The van der Waals surface area contributed by atoms with Crippen molar-refractivity contribution in [3.05, 3.63) is 100 Å². The average molecular weight is 507 g/mol. The van der Waals surface area contributed by atoms with Gasteiger partial charge in [-0.05, 0) is 60.7 Å². The van der Waals surface area contributed by atoms with Crippen LogP contribution in [0.3, 0.4) is 0 Å². The number of amides is 2. The molecule has 5 nitrogen and oxygen atoms in total. The molecule has 6 heteroatoms. The van der Waals surface area contributed by atoms with Gasteiger partial charge in [0.15, 0.2) is 6.61 Å². The summed E-state index contributed by atoms with van der Waals surface area (Å²) in [5.74, 6) is 0.231. The van der Waals surface area contributed by atoms with Crippen molar-refractivity contribution in [3.8, 4) is 5.75 Å². The zero-order valence-corrected chi connectivity index (χ0v) is 22.1. The van der Waals surface area contributed by atoms with Gasteiger partial charge in [-0.25, -0.2) is 0 Å². The van der Waals surface area contributed by atoms with Crippen molar-refractivity contribution in [1.29, 1.82) is 0 Å². The summed E-state index contributed by atoms with van der Waals surface area (Å²) >= 11 is 6.23. The van der Waals surface area contributed by atoms with Crippen LogP contribution >= 0.6 is 11.6 Å². The van der Waals surface area contributed by atoms with E-state index in [1.54, 1.807) is 11.0 Å². The van der Waals surface area contributed by atoms with Gasteiger partial charge in [-0.3, -0.25) is 9.59 Å². The van der Waals surface area contributed by atoms with Gasteiger partial charge in [0.2, 0.25) is 5.91 Å². The van der Waals surface area contributed by atoms with Crippen LogP contribution in [0.5, 0.6) is 5.75 Å². The molecule has 0 unspecified atom stereocenters. The summed E-state index contributed by atoms with van der Waals surface area (Å²) in [5.41, 5.74) is 3.91. The molecule has 0 aliphatic rings. The van der Waals surface area contributed by atoms with E-state index in [9.17, 15) is 9.59 Å². The highest BCUT2D eigenvalue weighted by Gasteiger charge is 2.30. The fourth-order valence-corrected chi connectivity index (χ4v) is 4.21. The van der Waals surface area contributed by atoms with Gasteiger partial charge in [-0.1, -0.05) is 79.5 Å². The number of halogens is 1. The van der Waals surface area contributed by atoms with Crippen molar-refractivity contribution in [2.45, 2.75) is 52.6 Å². The molecule has 0 saturated heterocycles. The van der Waals surface area contributed by atoms with Crippen LogP contribution < -0.4 is 10.1 Å². The van der Waals surface area contributed by atoms with Crippen molar-refractivity contribution in [2.75, 3.05) is 13.2 Å². The van der Waals surface area contributed by atoms with Crippen LogP contribution in [-0.4, -0.2) is 35.9 Å². The maximum Gasteiger partial charge on any atom is 0.261 e. The number of hydrogen-bond acceptors (Lipinski definition) is 3. The molecule has 2 amide bonds. The fraction of sp³-hybridized carbons (Fsp3) is 0.333. The van der Waals surface area contributed by atoms with Crippen molar-refractivity contribution in [3.63, 3.8) is 0 Å². The SMILES string of the molecule is CCCCNC(=O)[C@@H](Cc1ccccc1)N(Cc1cccc(Cl)c1)C(=O)COc1cccc(C)c1C. The summed E-state index contributed by atoms with van der Waals surface area (Å²) in [7, 11) is 0. The minimum atomic E-state index is -0.696. The molecule has 0 aliphatic carbocycles. The van der Waals surface area contributed by atoms with Crippen LogP contribution in [0.15, 0.2) is 72.8 Å². The second-order valence-electron chi connectivity index (χ2n) is 8.99. The Hall–Kier alpha value is -3.31. The maximum atomic E-state index is 13.7. The third-order valence-corrected chi connectivity index (χ3v) is 6.48. The normalized spacial score (nSPS) is 11.6.